The van der Waals surface area contributed by atoms with Crippen molar-refractivity contribution < 1.29 is 42.4 Å². The molecule has 9 nitrogen and oxygen atoms in total. The third kappa shape index (κ3) is 8.21. The average Bonchev–Trinajstić information content (AvgIpc) is 3.32. The van der Waals surface area contributed by atoms with E-state index in [2.05, 4.69) is 4.90 Å². The molecular weight excluding hydrogens is 639 g/mol. The van der Waals surface area contributed by atoms with Gasteiger partial charge in [0.2, 0.25) is 0 Å². The number of carboxylic acid groups (broad SMARTS) is 1. The Morgan fingerprint density at radius 1 is 0.957 bits per heavy atom. The zero-order valence-electron chi connectivity index (χ0n) is 25.0. The molecule has 0 saturated carbocycles. The molecule has 2 heterocycles. The van der Waals surface area contributed by atoms with Crippen LogP contribution in [0.4, 0.5) is 8.78 Å². The quantitative estimate of drug-likeness (QED) is 0.138. The lowest BCUT2D eigenvalue weighted by Gasteiger charge is -2.26. The Hall–Kier alpha value is -4.04. The lowest BCUT2D eigenvalue weighted by Crippen LogP contribution is -2.38. The molecule has 1 amide bonds. The molecule has 242 valence electrons. The second-order valence-corrected chi connectivity index (χ2v) is 12.1. The number of methoxy groups -OCH3 is 1. The number of benzene rings is 3. The van der Waals surface area contributed by atoms with Crippen LogP contribution >= 0.6 is 24.0 Å². The number of thioether (sulfide) groups is 1. The fourth-order valence-electron chi connectivity index (χ4n) is 4.92. The van der Waals surface area contributed by atoms with E-state index in [0.717, 1.165) is 25.2 Å². The second-order valence-electron chi connectivity index (χ2n) is 10.4. The first-order valence-corrected chi connectivity index (χ1v) is 15.8. The standard InChI is InChI=1S/C33H32F2N2O7S2/c1-41-29-19-23(32(39)40)5-8-28(29)43-13-2-9-37-31(38)30(46-33(37)45)20-24-17-21(22-3-6-25(34)26(35)18-22)4-7-27(24)44-16-12-36-10-14-42-15-11-36/h3-8,17-20H,2,9-16H2,1H3,(H,39,40)/b30-20-. The van der Waals surface area contributed by atoms with Crippen LogP contribution in [-0.2, 0) is 9.53 Å². The largest absolute Gasteiger partial charge is 0.493 e. The Labute approximate surface area is 274 Å². The van der Waals surface area contributed by atoms with Gasteiger partial charge in [-0.05, 0) is 66.1 Å². The van der Waals surface area contributed by atoms with Crippen LogP contribution in [0.2, 0.25) is 0 Å². The van der Waals surface area contributed by atoms with Crippen LogP contribution in [0.3, 0.4) is 0 Å². The average molecular weight is 671 g/mol. The highest BCUT2D eigenvalue weighted by molar-refractivity contribution is 8.26. The molecule has 2 saturated heterocycles. The first-order valence-electron chi connectivity index (χ1n) is 14.6. The number of amides is 1. The predicted octanol–water partition coefficient (Wildman–Crippen LogP) is 5.72. The van der Waals surface area contributed by atoms with Crippen LogP contribution in [0.15, 0.2) is 59.5 Å². The lowest BCUT2D eigenvalue weighted by atomic mass is 10.0. The molecular formula is C33H32F2N2O7S2. The number of hydrogen-bond donors (Lipinski definition) is 1. The maximum atomic E-state index is 14.0. The topological polar surface area (TPSA) is 97.8 Å². The van der Waals surface area contributed by atoms with Crippen molar-refractivity contribution in [2.24, 2.45) is 0 Å². The number of carboxylic acids is 1. The molecule has 46 heavy (non-hydrogen) atoms. The molecule has 3 aromatic carbocycles. The number of carbonyl (C=O) groups is 2. The zero-order valence-corrected chi connectivity index (χ0v) is 26.6. The zero-order chi connectivity index (χ0) is 32.6. The fourth-order valence-corrected chi connectivity index (χ4v) is 6.22. The molecule has 0 aromatic heterocycles. The van der Waals surface area contributed by atoms with Crippen molar-refractivity contribution in [3.63, 3.8) is 0 Å². The van der Waals surface area contributed by atoms with Gasteiger partial charge in [0.25, 0.3) is 5.91 Å². The maximum absolute atomic E-state index is 14.0. The molecule has 2 aliphatic rings. The van der Waals surface area contributed by atoms with Crippen molar-refractivity contribution in [1.29, 1.82) is 0 Å². The molecule has 0 unspecified atom stereocenters. The van der Waals surface area contributed by atoms with Crippen molar-refractivity contribution in [3.8, 4) is 28.4 Å². The van der Waals surface area contributed by atoms with E-state index in [1.165, 1.54) is 48.0 Å². The van der Waals surface area contributed by atoms with Crippen molar-refractivity contribution in [1.82, 2.24) is 9.80 Å². The number of morpholine rings is 1. The van der Waals surface area contributed by atoms with Gasteiger partial charge in [0.05, 0.1) is 37.4 Å². The number of thiocarbonyl (C=S) groups is 1. The van der Waals surface area contributed by atoms with Crippen molar-refractivity contribution >= 4 is 46.3 Å². The van der Waals surface area contributed by atoms with Gasteiger partial charge in [-0.1, -0.05) is 36.1 Å². The summed E-state index contributed by atoms with van der Waals surface area (Å²) in [4.78, 5) is 28.8. The minimum Gasteiger partial charge on any atom is -0.493 e. The molecule has 1 N–H and O–H groups in total. The van der Waals surface area contributed by atoms with Crippen LogP contribution in [0.5, 0.6) is 17.2 Å². The van der Waals surface area contributed by atoms with E-state index >= 15 is 0 Å². The highest BCUT2D eigenvalue weighted by atomic mass is 32.2. The summed E-state index contributed by atoms with van der Waals surface area (Å²) >= 11 is 6.69. The van der Waals surface area contributed by atoms with Crippen LogP contribution in [0, 0.1) is 11.6 Å². The molecule has 13 heteroatoms. The second kappa shape index (κ2) is 15.5. The highest BCUT2D eigenvalue weighted by Gasteiger charge is 2.32. The molecule has 5 rings (SSSR count). The van der Waals surface area contributed by atoms with E-state index in [0.29, 0.717) is 82.5 Å². The number of nitrogens with zero attached hydrogens (tertiary/aromatic N) is 2. The van der Waals surface area contributed by atoms with Gasteiger partial charge in [0, 0.05) is 31.7 Å². The van der Waals surface area contributed by atoms with E-state index in [1.807, 2.05) is 0 Å². The first kappa shape index (κ1) is 33.3. The molecule has 0 bridgehead atoms. The summed E-state index contributed by atoms with van der Waals surface area (Å²) in [5.41, 5.74) is 1.79. The van der Waals surface area contributed by atoms with E-state index in [9.17, 15) is 23.5 Å². The van der Waals surface area contributed by atoms with E-state index in [1.54, 1.807) is 24.3 Å². The SMILES string of the molecule is COc1cc(C(=O)O)ccc1OCCCN1C(=O)/C(=C/c2cc(-c3ccc(F)c(F)c3)ccc2OCCN2CCOCC2)SC1=S. The van der Waals surface area contributed by atoms with E-state index in [4.69, 9.17) is 31.2 Å². The molecule has 2 aliphatic heterocycles. The molecule has 3 aromatic rings. The number of rotatable bonds is 13. The van der Waals surface area contributed by atoms with Crippen LogP contribution < -0.4 is 14.2 Å². The van der Waals surface area contributed by atoms with E-state index < -0.39 is 17.6 Å². The summed E-state index contributed by atoms with van der Waals surface area (Å²) < 4.78 is 50.6. The lowest BCUT2D eigenvalue weighted by molar-refractivity contribution is -0.122. The van der Waals surface area contributed by atoms with Crippen molar-refractivity contribution in [2.45, 2.75) is 6.42 Å². The van der Waals surface area contributed by atoms with Gasteiger partial charge < -0.3 is 24.1 Å². The summed E-state index contributed by atoms with van der Waals surface area (Å²) in [5.74, 6) is -2.00. The van der Waals surface area contributed by atoms with Crippen LogP contribution in [0.1, 0.15) is 22.3 Å². The monoisotopic (exact) mass is 670 g/mol. The van der Waals surface area contributed by atoms with E-state index in [-0.39, 0.29) is 18.1 Å². The van der Waals surface area contributed by atoms with Gasteiger partial charge in [-0.15, -0.1) is 0 Å². The Kier molecular flexibility index (Phi) is 11.2. The Bertz CT molecular complexity index is 1650. The van der Waals surface area contributed by atoms with Gasteiger partial charge in [-0.3, -0.25) is 14.6 Å². The van der Waals surface area contributed by atoms with Gasteiger partial charge in [0.15, 0.2) is 23.1 Å². The van der Waals surface area contributed by atoms with Crippen LogP contribution in [-0.4, -0.2) is 90.8 Å². The third-order valence-corrected chi connectivity index (χ3v) is 8.76. The predicted molar refractivity (Wildman–Crippen MR) is 174 cm³/mol. The number of aromatic carboxylic acids is 1. The summed E-state index contributed by atoms with van der Waals surface area (Å²) in [5, 5.41) is 9.19. The van der Waals surface area contributed by atoms with Crippen molar-refractivity contribution in [2.75, 3.05) is 59.7 Å². The number of hydrogen-bond acceptors (Lipinski definition) is 9. The van der Waals surface area contributed by atoms with Gasteiger partial charge in [-0.25, -0.2) is 13.6 Å². The van der Waals surface area contributed by atoms with Crippen molar-refractivity contribution in [3.05, 3.63) is 82.3 Å². The molecule has 0 radical (unpaired) electrons. The Morgan fingerprint density at radius 2 is 1.67 bits per heavy atom. The summed E-state index contributed by atoms with van der Waals surface area (Å²) in [6, 6.07) is 13.3. The molecule has 0 atom stereocenters. The van der Waals surface area contributed by atoms with Gasteiger partial charge in [0.1, 0.15) is 16.7 Å². The molecule has 2 fully saturated rings. The Balaban J connectivity index is 1.28. The highest BCUT2D eigenvalue weighted by Crippen LogP contribution is 2.36. The number of carbonyl (C=O) groups excluding carboxylic acids is 1. The smallest absolute Gasteiger partial charge is 0.335 e. The summed E-state index contributed by atoms with van der Waals surface area (Å²) in [7, 11) is 1.43. The fraction of sp³-hybridized carbons (Fsp3) is 0.303. The minimum absolute atomic E-state index is 0.0783. The third-order valence-electron chi connectivity index (χ3n) is 7.39. The van der Waals surface area contributed by atoms with Gasteiger partial charge >= 0.3 is 5.97 Å². The Morgan fingerprint density at radius 3 is 2.41 bits per heavy atom. The molecule has 0 spiro atoms. The normalized spacial score (nSPS) is 16.2. The van der Waals surface area contributed by atoms with Crippen LogP contribution in [0.25, 0.3) is 17.2 Å². The minimum atomic E-state index is -1.07. The molecule has 0 aliphatic carbocycles. The first-order chi connectivity index (χ1) is 22.2. The van der Waals surface area contributed by atoms with Gasteiger partial charge in [-0.2, -0.15) is 0 Å². The maximum Gasteiger partial charge on any atom is 0.335 e. The summed E-state index contributed by atoms with van der Waals surface area (Å²) in [6.07, 6.45) is 2.16. The number of ether oxygens (including phenoxy) is 4. The summed E-state index contributed by atoms with van der Waals surface area (Å²) in [6.45, 7) is 4.65. The number of halogens is 2.